The Morgan fingerprint density at radius 1 is 1.17 bits per heavy atom. The molecule has 2 aromatic heterocycles. The first-order valence-corrected chi connectivity index (χ1v) is 6.24. The highest BCUT2D eigenvalue weighted by molar-refractivity contribution is 6.31. The van der Waals surface area contributed by atoms with E-state index in [0.29, 0.717) is 5.02 Å². The first kappa shape index (κ1) is 13.1. The molecule has 0 aliphatic heterocycles. The summed E-state index contributed by atoms with van der Waals surface area (Å²) in [7, 11) is 3.84. The molecule has 0 amide bonds. The molecule has 0 saturated carbocycles. The van der Waals surface area contributed by atoms with Gasteiger partial charge in [0.25, 0.3) is 0 Å². The van der Waals surface area contributed by atoms with Crippen LogP contribution in [0.5, 0.6) is 0 Å². The summed E-state index contributed by atoms with van der Waals surface area (Å²) in [4.78, 5) is 0. The van der Waals surface area contributed by atoms with Crippen molar-refractivity contribution in [2.45, 2.75) is 27.3 Å². The van der Waals surface area contributed by atoms with Gasteiger partial charge in [-0.05, 0) is 27.8 Å². The predicted molar refractivity (Wildman–Crippen MR) is 72.3 cm³/mol. The summed E-state index contributed by atoms with van der Waals surface area (Å²) in [5.41, 5.74) is 3.92. The van der Waals surface area contributed by atoms with Gasteiger partial charge in [0.15, 0.2) is 5.82 Å². The van der Waals surface area contributed by atoms with Crippen LogP contribution in [-0.2, 0) is 13.6 Å². The van der Waals surface area contributed by atoms with Crippen LogP contribution in [0.25, 0.3) is 5.82 Å². The number of aromatic nitrogens is 4. The van der Waals surface area contributed by atoms with Gasteiger partial charge in [-0.2, -0.15) is 10.2 Å². The Bertz CT molecular complexity index is 582. The maximum atomic E-state index is 6.21. The molecule has 2 aromatic rings. The van der Waals surface area contributed by atoms with Gasteiger partial charge in [0.1, 0.15) is 0 Å². The summed E-state index contributed by atoms with van der Waals surface area (Å²) in [5, 5.41) is 12.8. The summed E-state index contributed by atoms with van der Waals surface area (Å²) in [5.74, 6) is 0.967. The van der Waals surface area contributed by atoms with Crippen LogP contribution >= 0.6 is 11.6 Å². The van der Waals surface area contributed by atoms with E-state index in [0.717, 1.165) is 35.0 Å². The van der Waals surface area contributed by atoms with Crippen molar-refractivity contribution in [2.24, 2.45) is 7.05 Å². The van der Waals surface area contributed by atoms with Crippen LogP contribution < -0.4 is 5.32 Å². The normalized spacial score (nSPS) is 11.2. The zero-order valence-electron chi connectivity index (χ0n) is 11.4. The fraction of sp³-hybridized carbons (Fsp3) is 0.500. The molecule has 0 unspecified atom stereocenters. The van der Waals surface area contributed by atoms with Gasteiger partial charge >= 0.3 is 0 Å². The molecule has 0 aromatic carbocycles. The minimum absolute atomic E-state index is 0.712. The zero-order valence-corrected chi connectivity index (χ0v) is 12.1. The maximum absolute atomic E-state index is 6.21. The molecule has 0 saturated heterocycles. The molecule has 0 atom stereocenters. The fourth-order valence-corrected chi connectivity index (χ4v) is 2.29. The second-order valence-corrected chi connectivity index (χ2v) is 4.82. The highest BCUT2D eigenvalue weighted by Crippen LogP contribution is 2.25. The van der Waals surface area contributed by atoms with E-state index in [-0.39, 0.29) is 0 Å². The van der Waals surface area contributed by atoms with E-state index in [1.807, 2.05) is 44.2 Å². The second-order valence-electron chi connectivity index (χ2n) is 4.44. The minimum atomic E-state index is 0.712. The van der Waals surface area contributed by atoms with Gasteiger partial charge < -0.3 is 5.32 Å². The molecule has 0 spiro atoms. The van der Waals surface area contributed by atoms with Gasteiger partial charge in [-0.15, -0.1) is 0 Å². The van der Waals surface area contributed by atoms with E-state index in [4.69, 9.17) is 11.6 Å². The summed E-state index contributed by atoms with van der Waals surface area (Å²) >= 11 is 6.21. The van der Waals surface area contributed by atoms with Crippen molar-refractivity contribution in [3.05, 3.63) is 27.7 Å². The first-order valence-electron chi connectivity index (χ1n) is 5.86. The van der Waals surface area contributed by atoms with Gasteiger partial charge in [0, 0.05) is 19.2 Å². The number of aryl methyl sites for hydroxylation is 3. The molecule has 0 fully saturated rings. The van der Waals surface area contributed by atoms with E-state index in [1.165, 1.54) is 0 Å². The van der Waals surface area contributed by atoms with Gasteiger partial charge in [-0.25, -0.2) is 4.68 Å². The fourth-order valence-electron chi connectivity index (χ4n) is 2.17. The number of nitrogens with zero attached hydrogens (tertiary/aromatic N) is 4. The molecular formula is C12H18ClN5. The third-order valence-corrected chi connectivity index (χ3v) is 3.62. The van der Waals surface area contributed by atoms with Crippen LogP contribution in [0.2, 0.25) is 5.02 Å². The lowest BCUT2D eigenvalue weighted by molar-refractivity contribution is 0.676. The molecule has 0 radical (unpaired) electrons. The third kappa shape index (κ3) is 1.93. The van der Waals surface area contributed by atoms with Crippen molar-refractivity contribution in [2.75, 3.05) is 7.05 Å². The molecule has 18 heavy (non-hydrogen) atoms. The predicted octanol–water partition coefficient (Wildman–Crippen LogP) is 1.90. The average molecular weight is 268 g/mol. The van der Waals surface area contributed by atoms with Crippen LogP contribution in [0.15, 0.2) is 0 Å². The average Bonchev–Trinajstić information content (AvgIpc) is 2.72. The Balaban J connectivity index is 2.66. The Hall–Kier alpha value is -1.33. The monoisotopic (exact) mass is 267 g/mol. The highest BCUT2D eigenvalue weighted by atomic mass is 35.5. The smallest absolute Gasteiger partial charge is 0.156 e. The maximum Gasteiger partial charge on any atom is 0.156 e. The Labute approximate surface area is 112 Å². The van der Waals surface area contributed by atoms with Crippen molar-refractivity contribution in [1.29, 1.82) is 0 Å². The molecule has 0 bridgehead atoms. The van der Waals surface area contributed by atoms with E-state index >= 15 is 0 Å². The topological polar surface area (TPSA) is 47.7 Å². The Morgan fingerprint density at radius 3 is 2.33 bits per heavy atom. The van der Waals surface area contributed by atoms with Crippen molar-refractivity contribution in [3.8, 4) is 5.82 Å². The van der Waals surface area contributed by atoms with E-state index in [9.17, 15) is 0 Å². The van der Waals surface area contributed by atoms with Crippen LogP contribution in [0.4, 0.5) is 0 Å². The lowest BCUT2D eigenvalue weighted by Gasteiger charge is -2.08. The minimum Gasteiger partial charge on any atom is -0.315 e. The molecule has 98 valence electrons. The zero-order chi connectivity index (χ0) is 13.4. The van der Waals surface area contributed by atoms with Gasteiger partial charge in [0.2, 0.25) is 0 Å². The molecule has 6 heteroatoms. The third-order valence-electron chi connectivity index (χ3n) is 3.07. The lowest BCUT2D eigenvalue weighted by atomic mass is 10.2. The SMILES string of the molecule is CNCc1c(C)nn(C)c1-n1nc(C)c(Cl)c1C. The first-order chi connectivity index (χ1) is 8.47. The standard InChI is InChI=1S/C12H18ClN5/c1-7-10(6-14-4)12(17(5)15-7)18-9(3)11(13)8(2)16-18/h14H,6H2,1-5H3. The van der Waals surface area contributed by atoms with Gasteiger partial charge in [-0.1, -0.05) is 11.6 Å². The van der Waals surface area contributed by atoms with Crippen molar-refractivity contribution in [1.82, 2.24) is 24.9 Å². The number of halogens is 1. The summed E-state index contributed by atoms with van der Waals surface area (Å²) < 4.78 is 3.71. The molecule has 2 rings (SSSR count). The molecule has 5 nitrogen and oxygen atoms in total. The van der Waals surface area contributed by atoms with Crippen LogP contribution in [0.1, 0.15) is 22.6 Å². The summed E-state index contributed by atoms with van der Waals surface area (Å²) in [6.07, 6.45) is 0. The Morgan fingerprint density at radius 2 is 1.83 bits per heavy atom. The highest BCUT2D eigenvalue weighted by Gasteiger charge is 2.19. The summed E-state index contributed by atoms with van der Waals surface area (Å²) in [6.45, 7) is 6.63. The van der Waals surface area contributed by atoms with Crippen molar-refractivity contribution < 1.29 is 0 Å². The number of hydrogen-bond acceptors (Lipinski definition) is 3. The largest absolute Gasteiger partial charge is 0.315 e. The number of rotatable bonds is 3. The quantitative estimate of drug-likeness (QED) is 0.924. The molecule has 1 N–H and O–H groups in total. The number of nitrogens with one attached hydrogen (secondary N) is 1. The molecule has 0 aliphatic carbocycles. The van der Waals surface area contributed by atoms with Gasteiger partial charge in [-0.3, -0.25) is 4.68 Å². The van der Waals surface area contributed by atoms with Crippen LogP contribution in [-0.4, -0.2) is 26.6 Å². The van der Waals surface area contributed by atoms with Crippen molar-refractivity contribution >= 4 is 11.6 Å². The number of hydrogen-bond donors (Lipinski definition) is 1. The van der Waals surface area contributed by atoms with Gasteiger partial charge in [0.05, 0.1) is 22.1 Å². The Kier molecular flexibility index (Phi) is 3.45. The van der Waals surface area contributed by atoms with E-state index in [1.54, 1.807) is 0 Å². The summed E-state index contributed by atoms with van der Waals surface area (Å²) in [6, 6.07) is 0. The van der Waals surface area contributed by atoms with E-state index < -0.39 is 0 Å². The molecular weight excluding hydrogens is 250 g/mol. The van der Waals surface area contributed by atoms with Crippen molar-refractivity contribution in [3.63, 3.8) is 0 Å². The van der Waals surface area contributed by atoms with Crippen LogP contribution in [0.3, 0.4) is 0 Å². The van der Waals surface area contributed by atoms with Crippen LogP contribution in [0, 0.1) is 20.8 Å². The lowest BCUT2D eigenvalue weighted by Crippen LogP contribution is -2.12. The molecule has 2 heterocycles. The van der Waals surface area contributed by atoms with E-state index in [2.05, 4.69) is 15.5 Å². The molecule has 0 aliphatic rings. The second kappa shape index (κ2) is 4.74.